The average Bonchev–Trinajstić information content (AvgIpc) is 2.36. The topological polar surface area (TPSA) is 49.4 Å². The summed E-state index contributed by atoms with van der Waals surface area (Å²) in [5.74, 6) is 0. The molecule has 1 N–H and O–H groups in total. The SMILES string of the molecule is CC1CN(S(=O)(=O)c2ccc(Br)c(Cl)c2Cl)CCN1. The van der Waals surface area contributed by atoms with Crippen molar-refractivity contribution in [1.29, 1.82) is 0 Å². The van der Waals surface area contributed by atoms with Gasteiger partial charge in [-0.05, 0) is 35.0 Å². The third kappa shape index (κ3) is 3.09. The van der Waals surface area contributed by atoms with Crippen LogP contribution in [0.25, 0.3) is 0 Å². The molecule has 106 valence electrons. The number of nitrogens with zero attached hydrogens (tertiary/aromatic N) is 1. The zero-order chi connectivity index (χ0) is 14.2. The lowest BCUT2D eigenvalue weighted by molar-refractivity contribution is 0.310. The summed E-state index contributed by atoms with van der Waals surface area (Å²) in [6.45, 7) is 3.42. The summed E-state index contributed by atoms with van der Waals surface area (Å²) in [5.41, 5.74) is 0. The van der Waals surface area contributed by atoms with E-state index in [1.807, 2.05) is 6.92 Å². The normalized spacial score (nSPS) is 21.6. The first-order valence-corrected chi connectivity index (χ1v) is 8.70. The Kier molecular flexibility index (Phi) is 4.80. The van der Waals surface area contributed by atoms with Crippen LogP contribution in [0.1, 0.15) is 6.92 Å². The highest BCUT2D eigenvalue weighted by Gasteiger charge is 2.31. The molecule has 0 aromatic heterocycles. The number of piperazine rings is 1. The minimum atomic E-state index is -3.61. The summed E-state index contributed by atoms with van der Waals surface area (Å²) < 4.78 is 27.1. The van der Waals surface area contributed by atoms with E-state index in [-0.39, 0.29) is 21.0 Å². The Bertz CT molecular complexity index is 595. The summed E-state index contributed by atoms with van der Waals surface area (Å²) in [6.07, 6.45) is 0. The third-order valence-electron chi connectivity index (χ3n) is 2.95. The lowest BCUT2D eigenvalue weighted by Crippen LogP contribution is -2.51. The van der Waals surface area contributed by atoms with Crippen molar-refractivity contribution in [3.8, 4) is 0 Å². The summed E-state index contributed by atoms with van der Waals surface area (Å²) in [5, 5.41) is 3.47. The van der Waals surface area contributed by atoms with Crippen molar-refractivity contribution in [2.75, 3.05) is 19.6 Å². The van der Waals surface area contributed by atoms with Crippen molar-refractivity contribution in [3.05, 3.63) is 26.7 Å². The molecule has 1 aromatic carbocycles. The van der Waals surface area contributed by atoms with E-state index >= 15 is 0 Å². The van der Waals surface area contributed by atoms with Gasteiger partial charge < -0.3 is 5.32 Å². The molecule has 2 rings (SSSR count). The molecule has 4 nitrogen and oxygen atoms in total. The van der Waals surface area contributed by atoms with Crippen LogP contribution in [0.5, 0.6) is 0 Å². The largest absolute Gasteiger partial charge is 0.312 e. The molecule has 0 spiro atoms. The van der Waals surface area contributed by atoms with E-state index in [1.54, 1.807) is 6.07 Å². The van der Waals surface area contributed by atoms with Crippen molar-refractivity contribution in [1.82, 2.24) is 9.62 Å². The molecule has 1 fully saturated rings. The van der Waals surface area contributed by atoms with Crippen LogP contribution in [0.3, 0.4) is 0 Å². The fourth-order valence-electron chi connectivity index (χ4n) is 1.96. The molecule has 0 aliphatic carbocycles. The fraction of sp³-hybridized carbons (Fsp3) is 0.455. The Hall–Kier alpha value is 0.150. The Labute approximate surface area is 131 Å². The number of nitrogens with one attached hydrogen (secondary N) is 1. The van der Waals surface area contributed by atoms with Crippen molar-refractivity contribution in [3.63, 3.8) is 0 Å². The monoisotopic (exact) mass is 386 g/mol. The number of hydrogen-bond acceptors (Lipinski definition) is 3. The lowest BCUT2D eigenvalue weighted by Gasteiger charge is -2.31. The molecule has 0 saturated carbocycles. The van der Waals surface area contributed by atoms with Crippen molar-refractivity contribution < 1.29 is 8.42 Å². The Morgan fingerprint density at radius 3 is 2.68 bits per heavy atom. The maximum Gasteiger partial charge on any atom is 0.244 e. The standard InChI is InChI=1S/C11H13BrCl2N2O2S/c1-7-6-16(5-4-15-7)19(17,18)9-3-2-8(12)10(13)11(9)14/h2-3,7,15H,4-6H2,1H3. The van der Waals surface area contributed by atoms with Gasteiger partial charge in [0.05, 0.1) is 10.0 Å². The van der Waals surface area contributed by atoms with Gasteiger partial charge in [-0.3, -0.25) is 0 Å². The Balaban J connectivity index is 2.42. The van der Waals surface area contributed by atoms with Gasteiger partial charge in [0, 0.05) is 30.1 Å². The second kappa shape index (κ2) is 5.87. The first kappa shape index (κ1) is 15.5. The first-order valence-electron chi connectivity index (χ1n) is 5.71. The van der Waals surface area contributed by atoms with Crippen molar-refractivity contribution >= 4 is 49.2 Å². The maximum atomic E-state index is 12.6. The molecule has 0 radical (unpaired) electrons. The minimum absolute atomic E-state index is 0.0523. The van der Waals surface area contributed by atoms with Crippen molar-refractivity contribution in [2.45, 2.75) is 17.9 Å². The predicted molar refractivity (Wildman–Crippen MR) is 80.4 cm³/mol. The van der Waals surface area contributed by atoms with Crippen LogP contribution in [0.2, 0.25) is 10.0 Å². The molecular weight excluding hydrogens is 375 g/mol. The Morgan fingerprint density at radius 2 is 2.05 bits per heavy atom. The maximum absolute atomic E-state index is 12.6. The van der Waals surface area contributed by atoms with Gasteiger partial charge >= 0.3 is 0 Å². The van der Waals surface area contributed by atoms with Gasteiger partial charge in [-0.1, -0.05) is 23.2 Å². The lowest BCUT2D eigenvalue weighted by atomic mass is 10.3. The zero-order valence-electron chi connectivity index (χ0n) is 10.2. The van der Waals surface area contributed by atoms with Gasteiger partial charge in [0.1, 0.15) is 4.90 Å². The molecule has 0 bridgehead atoms. The minimum Gasteiger partial charge on any atom is -0.312 e. The second-order valence-electron chi connectivity index (χ2n) is 4.39. The molecule has 1 aromatic rings. The molecule has 1 unspecified atom stereocenters. The summed E-state index contributed by atoms with van der Waals surface area (Å²) >= 11 is 15.3. The molecule has 1 atom stereocenters. The Morgan fingerprint density at radius 1 is 1.37 bits per heavy atom. The van der Waals surface area contributed by atoms with Gasteiger partial charge in [0.25, 0.3) is 0 Å². The number of halogens is 3. The van der Waals surface area contributed by atoms with E-state index in [1.165, 1.54) is 10.4 Å². The van der Waals surface area contributed by atoms with Crippen LogP contribution < -0.4 is 5.32 Å². The van der Waals surface area contributed by atoms with E-state index in [0.29, 0.717) is 24.1 Å². The van der Waals surface area contributed by atoms with E-state index in [0.717, 1.165) is 0 Å². The molecular formula is C11H13BrCl2N2O2S. The van der Waals surface area contributed by atoms with E-state index in [2.05, 4.69) is 21.2 Å². The summed E-state index contributed by atoms with van der Waals surface area (Å²) in [7, 11) is -3.61. The van der Waals surface area contributed by atoms with Crippen molar-refractivity contribution in [2.24, 2.45) is 0 Å². The number of hydrogen-bond donors (Lipinski definition) is 1. The molecule has 8 heteroatoms. The van der Waals surface area contributed by atoms with Crippen LogP contribution in [-0.4, -0.2) is 38.4 Å². The zero-order valence-corrected chi connectivity index (χ0v) is 14.1. The van der Waals surface area contributed by atoms with Crippen LogP contribution in [0.15, 0.2) is 21.5 Å². The summed E-state index contributed by atoms with van der Waals surface area (Å²) in [4.78, 5) is 0.0523. The molecule has 1 saturated heterocycles. The highest BCUT2D eigenvalue weighted by atomic mass is 79.9. The van der Waals surface area contributed by atoms with Gasteiger partial charge in [0.15, 0.2) is 0 Å². The number of benzene rings is 1. The molecule has 19 heavy (non-hydrogen) atoms. The van der Waals surface area contributed by atoms with E-state index in [4.69, 9.17) is 23.2 Å². The average molecular weight is 388 g/mol. The van der Waals surface area contributed by atoms with Crippen LogP contribution >= 0.6 is 39.1 Å². The highest BCUT2D eigenvalue weighted by Crippen LogP contribution is 2.36. The predicted octanol–water partition coefficient (Wildman–Crippen LogP) is 2.74. The molecule has 1 heterocycles. The smallest absolute Gasteiger partial charge is 0.244 e. The number of sulfonamides is 1. The van der Waals surface area contributed by atoms with E-state index < -0.39 is 10.0 Å². The first-order chi connectivity index (χ1) is 8.84. The molecule has 1 aliphatic rings. The second-order valence-corrected chi connectivity index (χ2v) is 7.91. The molecule has 1 aliphatic heterocycles. The van der Waals surface area contributed by atoms with Crippen LogP contribution in [-0.2, 0) is 10.0 Å². The number of rotatable bonds is 2. The summed E-state index contributed by atoms with van der Waals surface area (Å²) in [6, 6.07) is 3.18. The van der Waals surface area contributed by atoms with Gasteiger partial charge in [0.2, 0.25) is 10.0 Å². The highest BCUT2D eigenvalue weighted by molar-refractivity contribution is 9.10. The third-order valence-corrected chi connectivity index (χ3v) is 6.74. The van der Waals surface area contributed by atoms with Crippen LogP contribution in [0.4, 0.5) is 0 Å². The van der Waals surface area contributed by atoms with Gasteiger partial charge in [-0.15, -0.1) is 0 Å². The van der Waals surface area contributed by atoms with E-state index in [9.17, 15) is 8.42 Å². The molecule has 0 amide bonds. The van der Waals surface area contributed by atoms with Gasteiger partial charge in [-0.25, -0.2) is 8.42 Å². The fourth-order valence-corrected chi connectivity index (χ4v) is 4.68. The quantitative estimate of drug-likeness (QED) is 0.793. The van der Waals surface area contributed by atoms with Gasteiger partial charge in [-0.2, -0.15) is 4.31 Å². The van der Waals surface area contributed by atoms with Crippen LogP contribution in [0, 0.1) is 0 Å².